The van der Waals surface area contributed by atoms with Crippen LogP contribution in [-0.2, 0) is 14.6 Å². The minimum absolute atomic E-state index is 0. The van der Waals surface area contributed by atoms with Crippen LogP contribution in [0, 0.1) is 0 Å². The summed E-state index contributed by atoms with van der Waals surface area (Å²) in [7, 11) is -1.40. The lowest BCUT2D eigenvalue weighted by Gasteiger charge is -2.17. The number of hydrogen-bond acceptors (Lipinski definition) is 4. The van der Waals surface area contributed by atoms with Crippen molar-refractivity contribution in [2.24, 2.45) is 4.99 Å². The second kappa shape index (κ2) is 11.2. The largest absolute Gasteiger partial charge is 0.354 e. The molecule has 0 radical (unpaired) electrons. The summed E-state index contributed by atoms with van der Waals surface area (Å²) in [6, 6.07) is 9.08. The molecule has 0 spiro atoms. The number of para-hydroxylation sites is 1. The molecule has 1 aromatic carbocycles. The SMILES string of the molecule is CN=C(NCC(=O)Nc1ccccc1)NC(C)CCS(C)(=O)=O.I. The van der Waals surface area contributed by atoms with Gasteiger partial charge < -0.3 is 16.0 Å². The number of carbonyl (C=O) groups excluding carboxylic acids is 1. The Bertz CT molecular complexity index is 635. The summed E-state index contributed by atoms with van der Waals surface area (Å²) in [6.07, 6.45) is 1.68. The van der Waals surface area contributed by atoms with Crippen molar-refractivity contribution in [3.63, 3.8) is 0 Å². The van der Waals surface area contributed by atoms with Gasteiger partial charge in [0, 0.05) is 25.0 Å². The Morgan fingerprint density at radius 2 is 1.88 bits per heavy atom. The lowest BCUT2D eigenvalue weighted by atomic mass is 10.3. The first-order valence-electron chi connectivity index (χ1n) is 7.30. The fourth-order valence-electron chi connectivity index (χ4n) is 1.78. The van der Waals surface area contributed by atoms with Crippen molar-refractivity contribution < 1.29 is 13.2 Å². The highest BCUT2D eigenvalue weighted by Gasteiger charge is 2.10. The molecule has 24 heavy (non-hydrogen) atoms. The summed E-state index contributed by atoms with van der Waals surface area (Å²) < 4.78 is 22.3. The number of anilines is 1. The Morgan fingerprint density at radius 1 is 1.25 bits per heavy atom. The topological polar surface area (TPSA) is 99.7 Å². The van der Waals surface area contributed by atoms with Crippen LogP contribution in [0.2, 0.25) is 0 Å². The van der Waals surface area contributed by atoms with E-state index in [-0.39, 0.29) is 48.2 Å². The van der Waals surface area contributed by atoms with Crippen molar-refractivity contribution in [1.29, 1.82) is 0 Å². The normalized spacial score (nSPS) is 12.7. The number of aliphatic imine (C=N–C) groups is 1. The van der Waals surface area contributed by atoms with Gasteiger partial charge in [-0.1, -0.05) is 18.2 Å². The molecular formula is C15H25IN4O3S. The smallest absolute Gasteiger partial charge is 0.243 e. The van der Waals surface area contributed by atoms with Gasteiger partial charge in [0.25, 0.3) is 0 Å². The second-order valence-electron chi connectivity index (χ2n) is 5.30. The predicted molar refractivity (Wildman–Crippen MR) is 109 cm³/mol. The number of carbonyl (C=O) groups is 1. The number of halogens is 1. The summed E-state index contributed by atoms with van der Waals surface area (Å²) in [5.74, 6) is 0.365. The number of benzene rings is 1. The van der Waals surface area contributed by atoms with Gasteiger partial charge >= 0.3 is 0 Å². The van der Waals surface area contributed by atoms with Crippen molar-refractivity contribution in [1.82, 2.24) is 10.6 Å². The molecule has 1 atom stereocenters. The second-order valence-corrected chi connectivity index (χ2v) is 7.56. The van der Waals surface area contributed by atoms with E-state index in [1.54, 1.807) is 19.2 Å². The van der Waals surface area contributed by atoms with Crippen molar-refractivity contribution >= 4 is 51.4 Å². The van der Waals surface area contributed by atoms with Crippen LogP contribution in [0.3, 0.4) is 0 Å². The molecule has 1 aromatic rings. The van der Waals surface area contributed by atoms with Crippen LogP contribution < -0.4 is 16.0 Å². The van der Waals surface area contributed by atoms with Gasteiger partial charge in [-0.2, -0.15) is 0 Å². The monoisotopic (exact) mass is 468 g/mol. The highest BCUT2D eigenvalue weighted by Crippen LogP contribution is 2.03. The van der Waals surface area contributed by atoms with Gasteiger partial charge in [-0.15, -0.1) is 24.0 Å². The summed E-state index contributed by atoms with van der Waals surface area (Å²) in [5.41, 5.74) is 0.726. The van der Waals surface area contributed by atoms with Crippen molar-refractivity contribution in [2.45, 2.75) is 19.4 Å². The minimum Gasteiger partial charge on any atom is -0.354 e. The van der Waals surface area contributed by atoms with Crippen LogP contribution in [0.4, 0.5) is 5.69 Å². The lowest BCUT2D eigenvalue weighted by molar-refractivity contribution is -0.115. The van der Waals surface area contributed by atoms with Crippen LogP contribution in [-0.4, -0.2) is 51.9 Å². The molecule has 0 bridgehead atoms. The number of amides is 1. The fraction of sp³-hybridized carbons (Fsp3) is 0.467. The molecule has 0 saturated heterocycles. The zero-order chi connectivity index (χ0) is 17.3. The van der Waals surface area contributed by atoms with Crippen LogP contribution in [0.5, 0.6) is 0 Å². The third-order valence-electron chi connectivity index (χ3n) is 3.00. The predicted octanol–water partition coefficient (Wildman–Crippen LogP) is 1.23. The van der Waals surface area contributed by atoms with E-state index < -0.39 is 9.84 Å². The summed E-state index contributed by atoms with van der Waals surface area (Å²) >= 11 is 0. The Balaban J connectivity index is 0.00000529. The molecule has 0 saturated carbocycles. The van der Waals surface area contributed by atoms with Gasteiger partial charge in [0.15, 0.2) is 5.96 Å². The van der Waals surface area contributed by atoms with Crippen molar-refractivity contribution in [3.05, 3.63) is 30.3 Å². The van der Waals surface area contributed by atoms with E-state index in [1.807, 2.05) is 25.1 Å². The maximum absolute atomic E-state index is 11.8. The average Bonchev–Trinajstić information content (AvgIpc) is 2.49. The molecule has 7 nitrogen and oxygen atoms in total. The Hall–Kier alpha value is -1.36. The zero-order valence-corrected chi connectivity index (χ0v) is 17.2. The van der Waals surface area contributed by atoms with Crippen LogP contribution in [0.1, 0.15) is 13.3 Å². The molecule has 0 aromatic heterocycles. The number of rotatable bonds is 7. The lowest BCUT2D eigenvalue weighted by Crippen LogP contribution is -2.45. The highest BCUT2D eigenvalue weighted by molar-refractivity contribution is 14.0. The van der Waals surface area contributed by atoms with E-state index in [1.165, 1.54) is 6.26 Å². The van der Waals surface area contributed by atoms with Gasteiger partial charge in [0.2, 0.25) is 5.91 Å². The number of nitrogens with zero attached hydrogens (tertiary/aromatic N) is 1. The molecule has 0 aliphatic heterocycles. The van der Waals surface area contributed by atoms with E-state index in [4.69, 9.17) is 0 Å². The molecular weight excluding hydrogens is 443 g/mol. The average molecular weight is 468 g/mol. The molecule has 0 heterocycles. The van der Waals surface area contributed by atoms with E-state index in [0.29, 0.717) is 12.4 Å². The first kappa shape index (κ1) is 22.6. The summed E-state index contributed by atoms with van der Waals surface area (Å²) in [4.78, 5) is 15.9. The maximum Gasteiger partial charge on any atom is 0.243 e. The van der Waals surface area contributed by atoms with Gasteiger partial charge in [-0.25, -0.2) is 8.42 Å². The molecule has 1 rings (SSSR count). The molecule has 1 amide bonds. The first-order chi connectivity index (χ1) is 10.8. The minimum atomic E-state index is -2.99. The highest BCUT2D eigenvalue weighted by atomic mass is 127. The fourth-order valence-corrected chi connectivity index (χ4v) is 2.56. The molecule has 0 aliphatic carbocycles. The maximum atomic E-state index is 11.8. The van der Waals surface area contributed by atoms with Crippen LogP contribution in [0.15, 0.2) is 35.3 Å². The molecule has 136 valence electrons. The van der Waals surface area contributed by atoms with E-state index >= 15 is 0 Å². The van der Waals surface area contributed by atoms with Gasteiger partial charge in [-0.05, 0) is 25.5 Å². The van der Waals surface area contributed by atoms with Crippen molar-refractivity contribution in [2.75, 3.05) is 30.9 Å². The molecule has 1 unspecified atom stereocenters. The first-order valence-corrected chi connectivity index (χ1v) is 9.36. The quantitative estimate of drug-likeness (QED) is 0.318. The number of guanidine groups is 1. The number of sulfone groups is 1. The number of hydrogen-bond donors (Lipinski definition) is 3. The molecule has 0 aliphatic rings. The molecule has 0 fully saturated rings. The van der Waals surface area contributed by atoms with E-state index in [9.17, 15) is 13.2 Å². The van der Waals surface area contributed by atoms with Gasteiger partial charge in [0.05, 0.1) is 12.3 Å². The standard InChI is InChI=1S/C15H24N4O3S.HI/c1-12(9-10-23(3,21)22)18-15(16-2)17-11-14(20)19-13-7-5-4-6-8-13;/h4-8,12H,9-11H2,1-3H3,(H,19,20)(H2,16,17,18);1H. The number of nitrogens with one attached hydrogen (secondary N) is 3. The molecule has 9 heteroatoms. The Morgan fingerprint density at radius 3 is 2.42 bits per heavy atom. The zero-order valence-electron chi connectivity index (χ0n) is 14.1. The van der Waals surface area contributed by atoms with E-state index in [0.717, 1.165) is 5.69 Å². The third kappa shape index (κ3) is 10.4. The third-order valence-corrected chi connectivity index (χ3v) is 3.98. The van der Waals surface area contributed by atoms with Gasteiger partial charge in [0.1, 0.15) is 9.84 Å². The molecule has 3 N–H and O–H groups in total. The summed E-state index contributed by atoms with van der Waals surface area (Å²) in [6.45, 7) is 1.93. The Labute approximate surface area is 160 Å². The Kier molecular flexibility index (Phi) is 10.6. The van der Waals surface area contributed by atoms with Crippen molar-refractivity contribution in [3.8, 4) is 0 Å². The van der Waals surface area contributed by atoms with Gasteiger partial charge in [-0.3, -0.25) is 9.79 Å². The van der Waals surface area contributed by atoms with E-state index in [2.05, 4.69) is 20.9 Å². The van der Waals surface area contributed by atoms with Crippen LogP contribution in [0.25, 0.3) is 0 Å². The summed E-state index contributed by atoms with van der Waals surface area (Å²) in [5, 5.41) is 8.70. The van der Waals surface area contributed by atoms with Crippen LogP contribution >= 0.6 is 24.0 Å².